The van der Waals surface area contributed by atoms with Gasteiger partial charge in [-0.1, -0.05) is 26.2 Å². The van der Waals surface area contributed by atoms with Gasteiger partial charge in [0.15, 0.2) is 5.11 Å². The van der Waals surface area contributed by atoms with Crippen LogP contribution in [0.3, 0.4) is 0 Å². The molecule has 2 aromatic rings. The number of nitrogens with zero attached hydrogens (tertiary/aromatic N) is 1. The molecule has 3 rings (SSSR count). The first kappa shape index (κ1) is 26.6. The normalized spacial score (nSPS) is 14.8. The number of hydrogen-bond acceptors (Lipinski definition) is 5. The molecule has 0 atom stereocenters. The summed E-state index contributed by atoms with van der Waals surface area (Å²) in [7, 11) is -3.51. The molecule has 0 spiro atoms. The Bertz CT molecular complexity index is 1100. The van der Waals surface area contributed by atoms with Gasteiger partial charge < -0.3 is 10.1 Å². The third-order valence-corrected chi connectivity index (χ3v) is 8.23. The van der Waals surface area contributed by atoms with Gasteiger partial charge in [-0.25, -0.2) is 8.42 Å². The van der Waals surface area contributed by atoms with Crippen LogP contribution in [0.4, 0.5) is 5.69 Å². The highest BCUT2D eigenvalue weighted by atomic mass is 79.9. The average molecular weight is 569 g/mol. The molecule has 1 amide bonds. The number of halogens is 1. The van der Waals surface area contributed by atoms with E-state index in [9.17, 15) is 13.2 Å². The minimum atomic E-state index is -3.51. The average Bonchev–Trinajstić information content (AvgIpc) is 3.11. The van der Waals surface area contributed by atoms with E-state index in [0.29, 0.717) is 41.2 Å². The fraction of sp³-hybridized carbons (Fsp3) is 0.417. The number of benzene rings is 2. The molecule has 184 valence electrons. The molecule has 1 saturated heterocycles. The van der Waals surface area contributed by atoms with E-state index in [2.05, 4.69) is 33.5 Å². The summed E-state index contributed by atoms with van der Waals surface area (Å²) in [4.78, 5) is 12.8. The second-order valence-corrected chi connectivity index (χ2v) is 11.3. The van der Waals surface area contributed by atoms with Crippen LogP contribution in [0.15, 0.2) is 51.8 Å². The smallest absolute Gasteiger partial charge is 0.257 e. The van der Waals surface area contributed by atoms with Crippen molar-refractivity contribution in [1.29, 1.82) is 0 Å². The predicted molar refractivity (Wildman–Crippen MR) is 142 cm³/mol. The second-order valence-electron chi connectivity index (χ2n) is 8.10. The number of hydrogen-bond donors (Lipinski definition) is 2. The lowest BCUT2D eigenvalue weighted by molar-refractivity contribution is 0.0977. The van der Waals surface area contributed by atoms with Gasteiger partial charge in [0.05, 0.1) is 16.0 Å². The van der Waals surface area contributed by atoms with Crippen molar-refractivity contribution in [2.24, 2.45) is 0 Å². The Morgan fingerprint density at radius 1 is 1.09 bits per heavy atom. The summed E-state index contributed by atoms with van der Waals surface area (Å²) in [6.07, 6.45) is 5.90. The van der Waals surface area contributed by atoms with Gasteiger partial charge in [0, 0.05) is 24.3 Å². The molecular weight excluding hydrogens is 538 g/mol. The van der Waals surface area contributed by atoms with Gasteiger partial charge >= 0.3 is 0 Å². The van der Waals surface area contributed by atoms with Crippen molar-refractivity contribution in [3.63, 3.8) is 0 Å². The van der Waals surface area contributed by atoms with Crippen LogP contribution in [-0.2, 0) is 10.0 Å². The molecule has 0 aromatic heterocycles. The zero-order valence-corrected chi connectivity index (χ0v) is 22.4. The molecule has 0 radical (unpaired) electrons. The number of rotatable bonds is 8. The van der Waals surface area contributed by atoms with Crippen molar-refractivity contribution in [2.45, 2.75) is 50.3 Å². The maximum atomic E-state index is 12.9. The van der Waals surface area contributed by atoms with Gasteiger partial charge in [0.25, 0.3) is 5.91 Å². The molecule has 0 aliphatic carbocycles. The lowest BCUT2D eigenvalue weighted by atomic mass is 10.2. The van der Waals surface area contributed by atoms with E-state index in [1.807, 2.05) is 0 Å². The zero-order chi connectivity index (χ0) is 24.6. The van der Waals surface area contributed by atoms with E-state index in [-0.39, 0.29) is 15.9 Å². The quantitative estimate of drug-likeness (QED) is 0.331. The molecular formula is C24H30BrN3O4S2. The van der Waals surface area contributed by atoms with Crippen LogP contribution < -0.4 is 15.4 Å². The standard InChI is InChI=1S/C24H30BrN3O4S2/c1-2-3-16-32-22-13-8-18(17-21(22)25)23(29)27-24(33)26-19-9-11-20(12-10-19)34(30,31)28-14-6-4-5-7-15-28/h8-13,17H,2-7,14-16H2,1H3,(H2,26,27,29,33). The lowest BCUT2D eigenvalue weighted by Crippen LogP contribution is -2.34. The first-order chi connectivity index (χ1) is 16.3. The third-order valence-electron chi connectivity index (χ3n) is 5.49. The molecule has 0 saturated carbocycles. The van der Waals surface area contributed by atoms with Crippen LogP contribution in [0.25, 0.3) is 0 Å². The van der Waals surface area contributed by atoms with Crippen molar-refractivity contribution in [2.75, 3.05) is 25.0 Å². The van der Waals surface area contributed by atoms with E-state index in [1.165, 1.54) is 0 Å². The fourth-order valence-corrected chi connectivity index (χ4v) is 5.79. The second kappa shape index (κ2) is 12.6. The number of amides is 1. The van der Waals surface area contributed by atoms with Crippen molar-refractivity contribution in [1.82, 2.24) is 9.62 Å². The Kier molecular flexibility index (Phi) is 9.87. The van der Waals surface area contributed by atoms with Crippen LogP contribution in [0.1, 0.15) is 55.8 Å². The number of anilines is 1. The molecule has 1 aliphatic rings. The Balaban J connectivity index is 1.57. The summed E-state index contributed by atoms with van der Waals surface area (Å²) in [6.45, 7) is 3.82. The summed E-state index contributed by atoms with van der Waals surface area (Å²) in [6, 6.07) is 11.5. The van der Waals surface area contributed by atoms with Crippen LogP contribution in [0.2, 0.25) is 0 Å². The monoisotopic (exact) mass is 567 g/mol. The van der Waals surface area contributed by atoms with E-state index in [0.717, 1.165) is 38.5 Å². The number of thiocarbonyl (C=S) groups is 1. The number of unbranched alkanes of at least 4 members (excludes halogenated alkanes) is 1. The van der Waals surface area contributed by atoms with Gasteiger partial charge in [-0.05, 0) is 89.9 Å². The van der Waals surface area contributed by atoms with Gasteiger partial charge in [0.2, 0.25) is 10.0 Å². The van der Waals surface area contributed by atoms with E-state index >= 15 is 0 Å². The molecule has 34 heavy (non-hydrogen) atoms. The van der Waals surface area contributed by atoms with Crippen molar-refractivity contribution in [3.05, 3.63) is 52.5 Å². The molecule has 10 heteroatoms. The van der Waals surface area contributed by atoms with Crippen LogP contribution in [0, 0.1) is 0 Å². The van der Waals surface area contributed by atoms with Gasteiger partial charge in [0.1, 0.15) is 5.75 Å². The number of carbonyl (C=O) groups is 1. The first-order valence-corrected chi connectivity index (χ1v) is 14.1. The summed E-state index contributed by atoms with van der Waals surface area (Å²) in [5.41, 5.74) is 1.01. The molecule has 1 aliphatic heterocycles. The number of sulfonamides is 1. The Labute approximate surface area is 215 Å². The Morgan fingerprint density at radius 3 is 2.38 bits per heavy atom. The summed E-state index contributed by atoms with van der Waals surface area (Å²) < 4.78 is 33.8. The van der Waals surface area contributed by atoms with Crippen LogP contribution in [-0.4, -0.2) is 43.4 Å². The molecule has 7 nitrogen and oxygen atoms in total. The maximum Gasteiger partial charge on any atom is 0.257 e. The highest BCUT2D eigenvalue weighted by Gasteiger charge is 2.25. The number of nitrogens with one attached hydrogen (secondary N) is 2. The molecule has 0 bridgehead atoms. The molecule has 2 N–H and O–H groups in total. The highest BCUT2D eigenvalue weighted by molar-refractivity contribution is 9.10. The van der Waals surface area contributed by atoms with E-state index < -0.39 is 10.0 Å². The van der Waals surface area contributed by atoms with Gasteiger partial charge in [-0.2, -0.15) is 4.31 Å². The summed E-state index contributed by atoms with van der Waals surface area (Å²) >= 11 is 8.70. The number of ether oxygens (including phenoxy) is 1. The van der Waals surface area contributed by atoms with Crippen molar-refractivity contribution in [3.8, 4) is 5.75 Å². The summed E-state index contributed by atoms with van der Waals surface area (Å²) in [5, 5.41) is 5.68. The van der Waals surface area contributed by atoms with Crippen LogP contribution >= 0.6 is 28.1 Å². The van der Waals surface area contributed by atoms with Crippen LogP contribution in [0.5, 0.6) is 5.75 Å². The lowest BCUT2D eigenvalue weighted by Gasteiger charge is -2.20. The van der Waals surface area contributed by atoms with E-state index in [4.69, 9.17) is 17.0 Å². The largest absolute Gasteiger partial charge is 0.492 e. The third kappa shape index (κ3) is 7.24. The van der Waals surface area contributed by atoms with Crippen molar-refractivity contribution >= 4 is 54.9 Å². The summed E-state index contributed by atoms with van der Waals surface area (Å²) in [5.74, 6) is 0.319. The topological polar surface area (TPSA) is 87.7 Å². The Hall–Kier alpha value is -2.01. The number of carbonyl (C=O) groups excluding carboxylic acids is 1. The van der Waals surface area contributed by atoms with Gasteiger partial charge in [-0.3, -0.25) is 10.1 Å². The van der Waals surface area contributed by atoms with Gasteiger partial charge in [-0.15, -0.1) is 0 Å². The molecule has 1 fully saturated rings. The fourth-order valence-electron chi connectivity index (χ4n) is 3.56. The minimum absolute atomic E-state index is 0.118. The highest BCUT2D eigenvalue weighted by Crippen LogP contribution is 2.26. The zero-order valence-electron chi connectivity index (χ0n) is 19.2. The SMILES string of the molecule is CCCCOc1ccc(C(=O)NC(=S)Nc2ccc(S(=O)(=O)N3CCCCCC3)cc2)cc1Br. The molecule has 1 heterocycles. The molecule has 0 unspecified atom stereocenters. The van der Waals surface area contributed by atoms with Crippen molar-refractivity contribution < 1.29 is 17.9 Å². The van der Waals surface area contributed by atoms with E-state index in [1.54, 1.807) is 46.8 Å². The minimum Gasteiger partial charge on any atom is -0.492 e. The maximum absolute atomic E-state index is 12.9. The first-order valence-electron chi connectivity index (χ1n) is 11.5. The molecule has 2 aromatic carbocycles. The predicted octanol–water partition coefficient (Wildman–Crippen LogP) is 5.32. The Morgan fingerprint density at radius 2 is 1.76 bits per heavy atom.